The van der Waals surface area contributed by atoms with Gasteiger partial charge in [0.15, 0.2) is 5.78 Å². The lowest BCUT2D eigenvalue weighted by Gasteiger charge is -2.61. The summed E-state index contributed by atoms with van der Waals surface area (Å²) < 4.78 is 1.85. The molecule has 4 saturated carbocycles. The molecule has 2 aromatic rings. The van der Waals surface area contributed by atoms with Gasteiger partial charge in [0.1, 0.15) is 5.52 Å². The zero-order chi connectivity index (χ0) is 24.1. The highest BCUT2D eigenvalue weighted by Crippen LogP contribution is 2.67. The first kappa shape index (κ1) is 24.0. The number of carbonyl (C=O) groups is 1. The fourth-order valence-corrected chi connectivity index (χ4v) is 9.27. The van der Waals surface area contributed by atoms with Crippen molar-refractivity contribution in [3.8, 4) is 0 Å². The van der Waals surface area contributed by atoms with Crippen molar-refractivity contribution in [3.05, 3.63) is 24.7 Å². The normalized spacial score (nSPS) is 41.1. The molecule has 6 rings (SSSR count). The van der Waals surface area contributed by atoms with Crippen molar-refractivity contribution in [2.24, 2.45) is 46.3 Å². The van der Waals surface area contributed by atoms with Crippen LogP contribution < -0.4 is 0 Å². The number of aliphatic hydroxyl groups is 1. The van der Waals surface area contributed by atoms with Crippen molar-refractivity contribution >= 4 is 16.7 Å². The Morgan fingerprint density at radius 3 is 2.62 bits per heavy atom. The molecule has 5 nitrogen and oxygen atoms in total. The molecular formula is C29H43N3O2. The van der Waals surface area contributed by atoms with Gasteiger partial charge in [0, 0.05) is 30.8 Å². The predicted molar refractivity (Wildman–Crippen MR) is 135 cm³/mol. The Kier molecular flexibility index (Phi) is 6.37. The summed E-state index contributed by atoms with van der Waals surface area (Å²) in [5, 5.41) is 12.7. The third-order valence-corrected chi connectivity index (χ3v) is 11.0. The minimum atomic E-state index is 0.192. The smallest absolute Gasteiger partial charge is 0.157 e. The van der Waals surface area contributed by atoms with Crippen LogP contribution in [-0.2, 0) is 11.3 Å². The third-order valence-electron chi connectivity index (χ3n) is 11.0. The highest BCUT2D eigenvalue weighted by atomic mass is 16.2. The number of rotatable bonds is 3. The van der Waals surface area contributed by atoms with Crippen molar-refractivity contribution in [2.75, 3.05) is 7.11 Å². The summed E-state index contributed by atoms with van der Waals surface area (Å²) in [7, 11) is 1.00. The molecule has 2 aromatic heterocycles. The molecule has 8 unspecified atom stereocenters. The summed E-state index contributed by atoms with van der Waals surface area (Å²) in [5.41, 5.74) is 1.63. The third kappa shape index (κ3) is 3.73. The summed E-state index contributed by atoms with van der Waals surface area (Å²) in [5.74, 6) is 4.95. The molecule has 2 heterocycles. The van der Waals surface area contributed by atoms with Gasteiger partial charge in [-0.2, -0.15) is 5.10 Å². The van der Waals surface area contributed by atoms with E-state index in [1.807, 2.05) is 16.9 Å². The maximum atomic E-state index is 13.6. The maximum absolute atomic E-state index is 13.6. The molecule has 186 valence electrons. The quantitative estimate of drug-likeness (QED) is 0.612. The van der Waals surface area contributed by atoms with Crippen LogP contribution in [0.25, 0.3) is 10.9 Å². The highest BCUT2D eigenvalue weighted by molar-refractivity contribution is 5.83. The van der Waals surface area contributed by atoms with Crippen LogP contribution >= 0.6 is 0 Å². The van der Waals surface area contributed by atoms with Crippen LogP contribution in [0.2, 0.25) is 0 Å². The SMILES string of the molecule is CC1CCC2(C)C(CCC3C2CCC2(C)C(C(=O)Cn4cc5ccncc5n4)CCC32)C1.CO. The maximum Gasteiger partial charge on any atom is 0.157 e. The van der Waals surface area contributed by atoms with Crippen LogP contribution in [-0.4, -0.2) is 32.8 Å². The average molecular weight is 466 g/mol. The van der Waals surface area contributed by atoms with Gasteiger partial charge in [0.25, 0.3) is 0 Å². The fraction of sp³-hybridized carbons (Fsp3) is 0.759. The molecular weight excluding hydrogens is 422 g/mol. The number of hydrogen-bond acceptors (Lipinski definition) is 4. The second kappa shape index (κ2) is 9.04. The number of ketones is 1. The molecule has 1 N–H and O–H groups in total. The average Bonchev–Trinajstić information content (AvgIpc) is 3.40. The Morgan fingerprint density at radius 1 is 1.06 bits per heavy atom. The molecule has 4 aliphatic carbocycles. The van der Waals surface area contributed by atoms with Gasteiger partial charge in [-0.1, -0.05) is 27.2 Å². The monoisotopic (exact) mass is 465 g/mol. The minimum Gasteiger partial charge on any atom is -0.400 e. The van der Waals surface area contributed by atoms with E-state index in [1.54, 1.807) is 12.4 Å². The number of fused-ring (bicyclic) bond motifs is 6. The zero-order valence-corrected chi connectivity index (χ0v) is 21.5. The Morgan fingerprint density at radius 2 is 1.82 bits per heavy atom. The van der Waals surface area contributed by atoms with Crippen LogP contribution in [0.15, 0.2) is 24.7 Å². The van der Waals surface area contributed by atoms with E-state index in [0.29, 0.717) is 17.7 Å². The van der Waals surface area contributed by atoms with Gasteiger partial charge in [-0.25, -0.2) is 0 Å². The van der Waals surface area contributed by atoms with Crippen molar-refractivity contribution in [3.63, 3.8) is 0 Å². The van der Waals surface area contributed by atoms with E-state index in [1.165, 1.54) is 51.4 Å². The molecule has 4 aliphatic rings. The predicted octanol–water partition coefficient (Wildman–Crippen LogP) is 5.90. The van der Waals surface area contributed by atoms with Gasteiger partial charge < -0.3 is 5.11 Å². The largest absolute Gasteiger partial charge is 0.400 e. The molecule has 4 fully saturated rings. The van der Waals surface area contributed by atoms with E-state index in [0.717, 1.165) is 54.0 Å². The van der Waals surface area contributed by atoms with Crippen LogP contribution in [0.4, 0.5) is 0 Å². The number of pyridine rings is 1. The summed E-state index contributed by atoms with van der Waals surface area (Å²) >= 11 is 0. The second-order valence-electron chi connectivity index (χ2n) is 12.4. The first-order valence-corrected chi connectivity index (χ1v) is 13.6. The van der Waals surface area contributed by atoms with E-state index in [2.05, 4.69) is 30.9 Å². The Labute approximate surface area is 204 Å². The molecule has 34 heavy (non-hydrogen) atoms. The van der Waals surface area contributed by atoms with E-state index in [9.17, 15) is 4.79 Å². The topological polar surface area (TPSA) is 68.0 Å². The molecule has 0 aromatic carbocycles. The Bertz CT molecular complexity index is 1000. The zero-order valence-electron chi connectivity index (χ0n) is 21.5. The molecule has 0 aliphatic heterocycles. The van der Waals surface area contributed by atoms with E-state index < -0.39 is 0 Å². The lowest BCUT2D eigenvalue weighted by molar-refractivity contribution is -0.137. The van der Waals surface area contributed by atoms with E-state index >= 15 is 0 Å². The molecule has 0 spiro atoms. The van der Waals surface area contributed by atoms with Crippen LogP contribution in [0.1, 0.15) is 78.6 Å². The lowest BCUT2D eigenvalue weighted by atomic mass is 9.44. The molecule has 0 bridgehead atoms. The number of Topliss-reactive ketones (excluding diaryl/α,β-unsaturated/α-hetero) is 1. The summed E-state index contributed by atoms with van der Waals surface area (Å²) in [4.78, 5) is 17.7. The number of carbonyl (C=O) groups excluding carboxylic acids is 1. The Balaban J connectivity index is 0.00000117. The molecule has 8 atom stereocenters. The van der Waals surface area contributed by atoms with Crippen LogP contribution in [0.5, 0.6) is 0 Å². The standard InChI is InChI=1S/C28H39N3O.CH4O/c1-18-8-11-27(2)20(14-18)4-5-21-22-6-7-24(28(22,3)12-9-23(21)27)26(32)17-31-16-19-10-13-29-15-25(19)30-31;1-2/h10,13,15-16,18,20-24H,4-9,11-12,14,17H2,1-3H3;2H,1H3. The van der Waals surface area contributed by atoms with Gasteiger partial charge in [-0.05, 0) is 97.9 Å². The molecule has 5 heteroatoms. The number of aromatic nitrogens is 3. The molecule has 0 amide bonds. The second-order valence-corrected chi connectivity index (χ2v) is 12.4. The van der Waals surface area contributed by atoms with Gasteiger partial charge in [0.2, 0.25) is 0 Å². The summed E-state index contributed by atoms with van der Waals surface area (Å²) in [6.07, 6.45) is 17.7. The van der Waals surface area contributed by atoms with Crippen molar-refractivity contribution < 1.29 is 9.90 Å². The van der Waals surface area contributed by atoms with Crippen LogP contribution in [0, 0.1) is 46.3 Å². The van der Waals surface area contributed by atoms with Crippen molar-refractivity contribution in [2.45, 2.75) is 85.1 Å². The number of hydrogen-bond donors (Lipinski definition) is 1. The molecule has 0 radical (unpaired) electrons. The summed E-state index contributed by atoms with van der Waals surface area (Å²) in [6, 6.07) is 1.97. The molecule has 0 saturated heterocycles. The number of aliphatic hydroxyl groups excluding tert-OH is 1. The lowest BCUT2D eigenvalue weighted by Crippen LogP contribution is -2.53. The van der Waals surface area contributed by atoms with Gasteiger partial charge in [-0.15, -0.1) is 0 Å². The fourth-order valence-electron chi connectivity index (χ4n) is 9.27. The van der Waals surface area contributed by atoms with Crippen molar-refractivity contribution in [1.29, 1.82) is 0 Å². The minimum absolute atomic E-state index is 0.192. The van der Waals surface area contributed by atoms with E-state index in [-0.39, 0.29) is 11.3 Å². The highest BCUT2D eigenvalue weighted by Gasteiger charge is 2.60. The van der Waals surface area contributed by atoms with Crippen molar-refractivity contribution in [1.82, 2.24) is 14.8 Å². The van der Waals surface area contributed by atoms with E-state index in [4.69, 9.17) is 5.11 Å². The first-order valence-electron chi connectivity index (χ1n) is 13.6. The first-order chi connectivity index (χ1) is 16.4. The summed E-state index contributed by atoms with van der Waals surface area (Å²) in [6.45, 7) is 8.01. The van der Waals surface area contributed by atoms with Gasteiger partial charge in [-0.3, -0.25) is 14.5 Å². The number of nitrogens with zero attached hydrogens (tertiary/aromatic N) is 3. The van der Waals surface area contributed by atoms with Gasteiger partial charge >= 0.3 is 0 Å². The van der Waals surface area contributed by atoms with Crippen LogP contribution in [0.3, 0.4) is 0 Å². The Hall–Kier alpha value is -1.75. The van der Waals surface area contributed by atoms with Gasteiger partial charge in [0.05, 0.1) is 12.7 Å².